The minimum Gasteiger partial charge on any atom is -0.384 e. The van der Waals surface area contributed by atoms with Gasteiger partial charge in [-0.1, -0.05) is 18.2 Å². The van der Waals surface area contributed by atoms with Crippen LogP contribution in [0.2, 0.25) is 0 Å². The van der Waals surface area contributed by atoms with Crippen LogP contribution in [0, 0.1) is 6.92 Å². The van der Waals surface area contributed by atoms with Crippen LogP contribution in [0.25, 0.3) is 0 Å². The zero-order valence-corrected chi connectivity index (χ0v) is 8.70. The monoisotopic (exact) mass is 202 g/mol. The normalized spacial score (nSPS) is 10.2. The van der Waals surface area contributed by atoms with Crippen LogP contribution in [-0.2, 0) is 6.42 Å². The first-order chi connectivity index (χ1) is 7.36. The van der Waals surface area contributed by atoms with Crippen molar-refractivity contribution in [3.63, 3.8) is 0 Å². The van der Waals surface area contributed by atoms with Gasteiger partial charge in [0.1, 0.15) is 12.2 Å². The van der Waals surface area contributed by atoms with Crippen molar-refractivity contribution in [2.45, 2.75) is 13.3 Å². The number of nitrogens with one attached hydrogen (secondary N) is 2. The Morgan fingerprint density at radius 2 is 2.20 bits per heavy atom. The molecule has 0 saturated heterocycles. The Bertz CT molecular complexity index is 408. The molecule has 2 N–H and O–H groups in total. The van der Waals surface area contributed by atoms with E-state index >= 15 is 0 Å². The van der Waals surface area contributed by atoms with E-state index in [4.69, 9.17) is 0 Å². The number of para-hydroxylation sites is 1. The fourth-order valence-electron chi connectivity index (χ4n) is 1.44. The van der Waals surface area contributed by atoms with E-state index in [-0.39, 0.29) is 0 Å². The summed E-state index contributed by atoms with van der Waals surface area (Å²) in [7, 11) is 0. The zero-order valence-electron chi connectivity index (χ0n) is 8.70. The van der Waals surface area contributed by atoms with E-state index in [1.807, 2.05) is 12.1 Å². The van der Waals surface area contributed by atoms with Gasteiger partial charge >= 0.3 is 0 Å². The zero-order chi connectivity index (χ0) is 10.5. The molecule has 4 nitrogen and oxygen atoms in total. The van der Waals surface area contributed by atoms with Crippen molar-refractivity contribution >= 4 is 5.69 Å². The summed E-state index contributed by atoms with van der Waals surface area (Å²) in [6.07, 6.45) is 2.39. The van der Waals surface area contributed by atoms with Gasteiger partial charge < -0.3 is 5.32 Å². The molecule has 78 valence electrons. The summed E-state index contributed by atoms with van der Waals surface area (Å²) in [5.74, 6) is 0.913. The summed E-state index contributed by atoms with van der Waals surface area (Å²) >= 11 is 0. The second kappa shape index (κ2) is 4.59. The molecule has 0 spiro atoms. The molecule has 0 unspecified atom stereocenters. The SMILES string of the molecule is Cc1ccccc1NCCc1ncn[nH]1. The number of aryl methyl sites for hydroxylation is 1. The number of aromatic nitrogens is 3. The number of hydrogen-bond acceptors (Lipinski definition) is 3. The Balaban J connectivity index is 1.86. The highest BCUT2D eigenvalue weighted by atomic mass is 15.2. The quantitative estimate of drug-likeness (QED) is 0.794. The van der Waals surface area contributed by atoms with Crippen LogP contribution in [0.5, 0.6) is 0 Å². The van der Waals surface area contributed by atoms with E-state index in [1.54, 1.807) is 0 Å². The molecule has 15 heavy (non-hydrogen) atoms. The Labute approximate surface area is 88.8 Å². The molecular weight excluding hydrogens is 188 g/mol. The maximum atomic E-state index is 4.06. The van der Waals surface area contributed by atoms with Crippen LogP contribution in [0.15, 0.2) is 30.6 Å². The summed E-state index contributed by atoms with van der Waals surface area (Å²) in [5, 5.41) is 10.0. The van der Waals surface area contributed by atoms with Gasteiger partial charge in [-0.25, -0.2) is 4.98 Å². The lowest BCUT2D eigenvalue weighted by molar-refractivity contribution is 0.900. The van der Waals surface area contributed by atoms with E-state index in [2.05, 4.69) is 39.6 Å². The molecule has 2 rings (SSSR count). The second-order valence-electron chi connectivity index (χ2n) is 3.42. The topological polar surface area (TPSA) is 53.6 Å². The molecule has 2 aromatic rings. The van der Waals surface area contributed by atoms with Crippen molar-refractivity contribution in [1.29, 1.82) is 0 Å². The third-order valence-electron chi connectivity index (χ3n) is 2.29. The Hall–Kier alpha value is -1.84. The fourth-order valence-corrected chi connectivity index (χ4v) is 1.44. The Morgan fingerprint density at radius 3 is 2.93 bits per heavy atom. The highest BCUT2D eigenvalue weighted by molar-refractivity contribution is 5.50. The van der Waals surface area contributed by atoms with Gasteiger partial charge in [0.15, 0.2) is 0 Å². The average molecular weight is 202 g/mol. The molecule has 0 atom stereocenters. The molecular formula is C11H14N4. The van der Waals surface area contributed by atoms with Gasteiger partial charge in [-0.15, -0.1) is 0 Å². The first-order valence-corrected chi connectivity index (χ1v) is 5.00. The first-order valence-electron chi connectivity index (χ1n) is 5.00. The number of anilines is 1. The van der Waals surface area contributed by atoms with Gasteiger partial charge in [-0.2, -0.15) is 5.10 Å². The fraction of sp³-hybridized carbons (Fsp3) is 0.273. The van der Waals surface area contributed by atoms with Gasteiger partial charge in [-0.3, -0.25) is 5.10 Å². The summed E-state index contributed by atoms with van der Waals surface area (Å²) in [6, 6.07) is 8.24. The Kier molecular flexibility index (Phi) is 2.97. The van der Waals surface area contributed by atoms with Gasteiger partial charge in [0.2, 0.25) is 0 Å². The number of hydrogen-bond donors (Lipinski definition) is 2. The molecule has 0 bridgehead atoms. The van der Waals surface area contributed by atoms with E-state index < -0.39 is 0 Å². The molecule has 0 saturated carbocycles. The standard InChI is InChI=1S/C11H14N4/c1-9-4-2-3-5-10(9)12-7-6-11-13-8-14-15-11/h2-5,8,12H,6-7H2,1H3,(H,13,14,15). The van der Waals surface area contributed by atoms with Crippen molar-refractivity contribution < 1.29 is 0 Å². The van der Waals surface area contributed by atoms with Crippen LogP contribution in [0.3, 0.4) is 0 Å². The molecule has 0 aliphatic carbocycles. The van der Waals surface area contributed by atoms with Gasteiger partial charge in [-0.05, 0) is 18.6 Å². The van der Waals surface area contributed by atoms with Crippen molar-refractivity contribution in [3.8, 4) is 0 Å². The predicted octanol–water partition coefficient (Wildman–Crippen LogP) is 1.77. The summed E-state index contributed by atoms with van der Waals surface area (Å²) in [4.78, 5) is 4.06. The van der Waals surface area contributed by atoms with Crippen molar-refractivity contribution in [2.75, 3.05) is 11.9 Å². The minimum absolute atomic E-state index is 0.855. The molecule has 0 radical (unpaired) electrons. The van der Waals surface area contributed by atoms with E-state index in [0.29, 0.717) is 0 Å². The maximum Gasteiger partial charge on any atom is 0.137 e. The molecule has 0 amide bonds. The van der Waals surface area contributed by atoms with E-state index in [9.17, 15) is 0 Å². The smallest absolute Gasteiger partial charge is 0.137 e. The van der Waals surface area contributed by atoms with Crippen LogP contribution >= 0.6 is 0 Å². The number of H-pyrrole nitrogens is 1. The summed E-state index contributed by atoms with van der Waals surface area (Å²) < 4.78 is 0. The molecule has 4 heteroatoms. The lowest BCUT2D eigenvalue weighted by Gasteiger charge is -2.07. The third kappa shape index (κ3) is 2.56. The van der Waals surface area contributed by atoms with Crippen LogP contribution in [0.4, 0.5) is 5.69 Å². The van der Waals surface area contributed by atoms with Crippen LogP contribution in [0.1, 0.15) is 11.4 Å². The summed E-state index contributed by atoms with van der Waals surface area (Å²) in [5.41, 5.74) is 2.44. The second-order valence-corrected chi connectivity index (χ2v) is 3.42. The predicted molar refractivity (Wildman–Crippen MR) is 59.8 cm³/mol. The highest BCUT2D eigenvalue weighted by Crippen LogP contribution is 2.12. The lowest BCUT2D eigenvalue weighted by atomic mass is 10.2. The van der Waals surface area contributed by atoms with Gasteiger partial charge in [0, 0.05) is 18.7 Å². The molecule has 1 heterocycles. The Morgan fingerprint density at radius 1 is 1.33 bits per heavy atom. The number of rotatable bonds is 4. The van der Waals surface area contributed by atoms with E-state index in [0.717, 1.165) is 18.8 Å². The lowest BCUT2D eigenvalue weighted by Crippen LogP contribution is -2.06. The average Bonchev–Trinajstić information content (AvgIpc) is 2.74. The largest absolute Gasteiger partial charge is 0.384 e. The van der Waals surface area contributed by atoms with Crippen molar-refractivity contribution in [3.05, 3.63) is 42.0 Å². The molecule has 0 fully saturated rings. The molecule has 0 aliphatic rings. The van der Waals surface area contributed by atoms with Crippen molar-refractivity contribution in [1.82, 2.24) is 15.2 Å². The van der Waals surface area contributed by atoms with Gasteiger partial charge in [0.05, 0.1) is 0 Å². The first kappa shape index (κ1) is 9.71. The maximum absolute atomic E-state index is 4.06. The minimum atomic E-state index is 0.855. The summed E-state index contributed by atoms with van der Waals surface area (Å²) in [6.45, 7) is 2.96. The van der Waals surface area contributed by atoms with Crippen LogP contribution in [-0.4, -0.2) is 21.7 Å². The third-order valence-corrected chi connectivity index (χ3v) is 2.29. The number of benzene rings is 1. The van der Waals surface area contributed by atoms with Crippen LogP contribution < -0.4 is 5.32 Å². The van der Waals surface area contributed by atoms with E-state index in [1.165, 1.54) is 17.6 Å². The van der Waals surface area contributed by atoms with Gasteiger partial charge in [0.25, 0.3) is 0 Å². The highest BCUT2D eigenvalue weighted by Gasteiger charge is 1.97. The molecule has 1 aromatic heterocycles. The number of aromatic amines is 1. The molecule has 0 aliphatic heterocycles. The van der Waals surface area contributed by atoms with Crippen molar-refractivity contribution in [2.24, 2.45) is 0 Å². The number of nitrogens with zero attached hydrogens (tertiary/aromatic N) is 2. The molecule has 1 aromatic carbocycles.